The van der Waals surface area contributed by atoms with E-state index in [4.69, 9.17) is 4.74 Å². The molecule has 0 bridgehead atoms. The molecule has 1 aromatic heterocycles. The molecule has 0 aliphatic carbocycles. The standard InChI is InChI=1S/C11H21N3O/c1-4-13(7-8-15-3)5-6-14-10-11(2)9-12-14/h9-10H,4-8H2,1-3H3. The Kier molecular flexibility index (Phi) is 5.36. The Bertz CT molecular complexity index is 273. The third kappa shape index (κ3) is 4.44. The fraction of sp³-hybridized carbons (Fsp3) is 0.727. The van der Waals surface area contributed by atoms with Gasteiger partial charge in [0.15, 0.2) is 0 Å². The Balaban J connectivity index is 2.27. The van der Waals surface area contributed by atoms with E-state index in [1.165, 1.54) is 5.56 Å². The molecule has 0 aromatic carbocycles. The van der Waals surface area contributed by atoms with Crippen molar-refractivity contribution in [1.82, 2.24) is 14.7 Å². The summed E-state index contributed by atoms with van der Waals surface area (Å²) in [5.74, 6) is 0. The molecule has 1 heterocycles. The Morgan fingerprint density at radius 3 is 2.80 bits per heavy atom. The van der Waals surface area contributed by atoms with Crippen molar-refractivity contribution >= 4 is 0 Å². The molecule has 0 atom stereocenters. The normalized spacial score (nSPS) is 11.2. The van der Waals surface area contributed by atoms with Gasteiger partial charge in [-0.3, -0.25) is 9.58 Å². The van der Waals surface area contributed by atoms with E-state index < -0.39 is 0 Å². The van der Waals surface area contributed by atoms with E-state index in [0.29, 0.717) is 0 Å². The van der Waals surface area contributed by atoms with E-state index in [9.17, 15) is 0 Å². The number of nitrogens with zero attached hydrogens (tertiary/aromatic N) is 3. The van der Waals surface area contributed by atoms with Gasteiger partial charge in [0.2, 0.25) is 0 Å². The minimum Gasteiger partial charge on any atom is -0.383 e. The minimum atomic E-state index is 0.798. The molecule has 1 aromatic rings. The summed E-state index contributed by atoms with van der Waals surface area (Å²) < 4.78 is 7.06. The lowest BCUT2D eigenvalue weighted by Crippen LogP contribution is -2.30. The van der Waals surface area contributed by atoms with Crippen LogP contribution in [0.5, 0.6) is 0 Å². The van der Waals surface area contributed by atoms with E-state index >= 15 is 0 Å². The molecule has 0 aliphatic rings. The van der Waals surface area contributed by atoms with E-state index in [-0.39, 0.29) is 0 Å². The third-order valence-electron chi connectivity index (χ3n) is 2.47. The molecule has 0 N–H and O–H groups in total. The number of aromatic nitrogens is 2. The average Bonchev–Trinajstić information content (AvgIpc) is 2.65. The molecule has 0 radical (unpaired) electrons. The Morgan fingerprint density at radius 1 is 1.47 bits per heavy atom. The molecular formula is C11H21N3O. The molecule has 4 nitrogen and oxygen atoms in total. The quantitative estimate of drug-likeness (QED) is 0.678. The van der Waals surface area contributed by atoms with Crippen LogP contribution in [0.4, 0.5) is 0 Å². The molecule has 0 aliphatic heterocycles. The van der Waals surface area contributed by atoms with Gasteiger partial charge in [0, 0.05) is 26.4 Å². The first-order chi connectivity index (χ1) is 7.26. The summed E-state index contributed by atoms with van der Waals surface area (Å²) in [4.78, 5) is 2.36. The maximum Gasteiger partial charge on any atom is 0.0589 e. The number of hydrogen-bond acceptors (Lipinski definition) is 3. The number of likely N-dealkylation sites (N-methyl/N-ethyl adjacent to an activating group) is 1. The van der Waals surface area contributed by atoms with Gasteiger partial charge < -0.3 is 4.74 Å². The molecule has 0 fully saturated rings. The number of aryl methyl sites for hydroxylation is 1. The molecule has 0 saturated carbocycles. The van der Waals surface area contributed by atoms with Gasteiger partial charge in [-0.1, -0.05) is 6.92 Å². The van der Waals surface area contributed by atoms with Crippen LogP contribution >= 0.6 is 0 Å². The van der Waals surface area contributed by atoms with Crippen molar-refractivity contribution in [3.8, 4) is 0 Å². The summed E-state index contributed by atoms with van der Waals surface area (Å²) in [5, 5.41) is 4.26. The summed E-state index contributed by atoms with van der Waals surface area (Å²) >= 11 is 0. The van der Waals surface area contributed by atoms with Gasteiger partial charge in [0.1, 0.15) is 0 Å². The Hall–Kier alpha value is -0.870. The zero-order valence-corrected chi connectivity index (χ0v) is 9.94. The fourth-order valence-electron chi connectivity index (χ4n) is 1.48. The van der Waals surface area contributed by atoms with Crippen LogP contribution in [0.1, 0.15) is 12.5 Å². The van der Waals surface area contributed by atoms with Crippen molar-refractivity contribution in [3.05, 3.63) is 18.0 Å². The van der Waals surface area contributed by atoms with Crippen molar-refractivity contribution < 1.29 is 4.74 Å². The van der Waals surface area contributed by atoms with Crippen LogP contribution < -0.4 is 0 Å². The highest BCUT2D eigenvalue weighted by atomic mass is 16.5. The maximum atomic E-state index is 5.07. The maximum absolute atomic E-state index is 5.07. The van der Waals surface area contributed by atoms with Gasteiger partial charge in [0.05, 0.1) is 19.3 Å². The fourth-order valence-corrected chi connectivity index (χ4v) is 1.48. The van der Waals surface area contributed by atoms with Crippen molar-refractivity contribution in [3.63, 3.8) is 0 Å². The monoisotopic (exact) mass is 211 g/mol. The lowest BCUT2D eigenvalue weighted by molar-refractivity contribution is 0.148. The predicted molar refractivity (Wildman–Crippen MR) is 61.0 cm³/mol. The van der Waals surface area contributed by atoms with Gasteiger partial charge in [-0.25, -0.2) is 0 Å². The smallest absolute Gasteiger partial charge is 0.0589 e. The number of rotatable bonds is 7. The van der Waals surface area contributed by atoms with Gasteiger partial charge in [0.25, 0.3) is 0 Å². The van der Waals surface area contributed by atoms with Crippen LogP contribution in [0.3, 0.4) is 0 Å². The van der Waals surface area contributed by atoms with E-state index in [1.807, 2.05) is 10.9 Å². The first-order valence-electron chi connectivity index (χ1n) is 5.46. The Labute approximate surface area is 91.8 Å². The molecular weight excluding hydrogens is 190 g/mol. The van der Waals surface area contributed by atoms with Crippen molar-refractivity contribution in [1.29, 1.82) is 0 Å². The van der Waals surface area contributed by atoms with Crippen molar-refractivity contribution in [2.75, 3.05) is 33.4 Å². The largest absolute Gasteiger partial charge is 0.383 e. The summed E-state index contributed by atoms with van der Waals surface area (Å²) in [6.07, 6.45) is 3.97. The average molecular weight is 211 g/mol. The lowest BCUT2D eigenvalue weighted by Gasteiger charge is -2.19. The molecule has 0 spiro atoms. The first kappa shape index (κ1) is 12.2. The van der Waals surface area contributed by atoms with Crippen LogP contribution in [-0.2, 0) is 11.3 Å². The van der Waals surface area contributed by atoms with E-state index in [0.717, 1.165) is 32.8 Å². The second kappa shape index (κ2) is 6.58. The highest BCUT2D eigenvalue weighted by Crippen LogP contribution is 1.95. The first-order valence-corrected chi connectivity index (χ1v) is 5.46. The molecule has 0 unspecified atom stereocenters. The van der Waals surface area contributed by atoms with Gasteiger partial charge in [-0.15, -0.1) is 0 Å². The van der Waals surface area contributed by atoms with Crippen LogP contribution in [-0.4, -0.2) is 48.0 Å². The summed E-state index contributed by atoms with van der Waals surface area (Å²) in [6, 6.07) is 0. The molecule has 86 valence electrons. The molecule has 0 saturated heterocycles. The SMILES string of the molecule is CCN(CCOC)CCn1cc(C)cn1. The number of hydrogen-bond donors (Lipinski definition) is 0. The molecule has 15 heavy (non-hydrogen) atoms. The van der Waals surface area contributed by atoms with Gasteiger partial charge in [-0.2, -0.15) is 5.10 Å². The van der Waals surface area contributed by atoms with E-state index in [2.05, 4.69) is 30.0 Å². The van der Waals surface area contributed by atoms with Crippen molar-refractivity contribution in [2.24, 2.45) is 0 Å². The second-order valence-electron chi connectivity index (χ2n) is 3.71. The number of ether oxygens (including phenoxy) is 1. The van der Waals surface area contributed by atoms with Crippen LogP contribution in [0.15, 0.2) is 12.4 Å². The Morgan fingerprint density at radius 2 is 2.27 bits per heavy atom. The zero-order valence-electron chi connectivity index (χ0n) is 9.94. The topological polar surface area (TPSA) is 30.3 Å². The van der Waals surface area contributed by atoms with Gasteiger partial charge in [-0.05, 0) is 19.0 Å². The predicted octanol–water partition coefficient (Wildman–Crippen LogP) is 1.16. The zero-order chi connectivity index (χ0) is 11.1. The summed E-state index contributed by atoms with van der Waals surface area (Å²) in [6.45, 7) is 9.06. The summed E-state index contributed by atoms with van der Waals surface area (Å²) in [5.41, 5.74) is 1.22. The highest BCUT2D eigenvalue weighted by molar-refractivity contribution is 4.99. The molecule has 1 rings (SSSR count). The second-order valence-corrected chi connectivity index (χ2v) is 3.71. The summed E-state index contributed by atoms with van der Waals surface area (Å²) in [7, 11) is 1.74. The van der Waals surface area contributed by atoms with Crippen LogP contribution in [0.2, 0.25) is 0 Å². The van der Waals surface area contributed by atoms with E-state index in [1.54, 1.807) is 7.11 Å². The highest BCUT2D eigenvalue weighted by Gasteiger charge is 2.02. The van der Waals surface area contributed by atoms with Crippen LogP contribution in [0, 0.1) is 6.92 Å². The lowest BCUT2D eigenvalue weighted by atomic mass is 10.4. The van der Waals surface area contributed by atoms with Crippen molar-refractivity contribution in [2.45, 2.75) is 20.4 Å². The number of methoxy groups -OCH3 is 1. The third-order valence-corrected chi connectivity index (χ3v) is 2.47. The minimum absolute atomic E-state index is 0.798. The molecule has 0 amide bonds. The molecule has 4 heteroatoms. The van der Waals surface area contributed by atoms with Gasteiger partial charge >= 0.3 is 0 Å². The van der Waals surface area contributed by atoms with Crippen LogP contribution in [0.25, 0.3) is 0 Å².